The molecule has 14 rings (SSSR count). The van der Waals surface area contributed by atoms with Crippen LogP contribution in [0.15, 0.2) is 71.5 Å². The minimum Gasteiger partial charge on any atom is -0.492 e. The Morgan fingerprint density at radius 2 is 1.39 bits per heavy atom. The molecule has 10 unspecified atom stereocenters. The van der Waals surface area contributed by atoms with Crippen LogP contribution < -0.4 is 36.0 Å². The van der Waals surface area contributed by atoms with Gasteiger partial charge in [-0.15, -0.1) is 0 Å². The van der Waals surface area contributed by atoms with Crippen LogP contribution in [-0.2, 0) is 30.3 Å². The maximum Gasteiger partial charge on any atom is 0.519 e. The molecule has 8 fully saturated rings. The number of allylic oxidation sites excluding steroid dienone is 4. The van der Waals surface area contributed by atoms with Crippen molar-refractivity contribution >= 4 is 62.8 Å². The lowest BCUT2D eigenvalue weighted by atomic mass is 9.46. The summed E-state index contributed by atoms with van der Waals surface area (Å²) >= 11 is 0. The number of aromatic nitrogens is 2. The van der Waals surface area contributed by atoms with Crippen LogP contribution in [0.5, 0.6) is 11.5 Å². The lowest BCUT2D eigenvalue weighted by Crippen LogP contribution is -2.56. The fourth-order valence-electron chi connectivity index (χ4n) is 17.7. The monoisotopic (exact) mass is 1270 g/mol. The summed E-state index contributed by atoms with van der Waals surface area (Å²) in [4.78, 5) is 116. The average Bonchev–Trinajstić information content (AvgIpc) is 1.33. The van der Waals surface area contributed by atoms with Crippen LogP contribution in [0.25, 0.3) is 21.8 Å². The van der Waals surface area contributed by atoms with Crippen molar-refractivity contribution in [2.24, 2.45) is 40.4 Å². The molecule has 6 heterocycles. The number of aliphatic hydroxyl groups is 1. The highest BCUT2D eigenvalue weighted by Gasteiger charge is 2.63. The number of piperidine rings is 1. The van der Waals surface area contributed by atoms with Crippen molar-refractivity contribution < 1.29 is 70.4 Å². The molecular weight excluding hydrogens is 1190 g/mol. The minimum atomic E-state index is -1.09. The number of hydrogen-bond acceptors (Lipinski definition) is 19. The summed E-state index contributed by atoms with van der Waals surface area (Å²) in [6.45, 7) is 8.34. The number of ether oxygens (including phenoxy) is 5. The molecule has 3 aliphatic heterocycles. The van der Waals surface area contributed by atoms with Crippen molar-refractivity contribution in [3.05, 3.63) is 114 Å². The molecule has 2 aromatic carbocycles. The number of amides is 1. The third kappa shape index (κ3) is 10.2. The van der Waals surface area contributed by atoms with Crippen LogP contribution in [0.2, 0.25) is 0 Å². The van der Waals surface area contributed by atoms with Crippen molar-refractivity contribution in [2.75, 3.05) is 76.7 Å². The van der Waals surface area contributed by atoms with Crippen LogP contribution in [0.3, 0.4) is 0 Å². The second kappa shape index (κ2) is 23.2. The number of rotatable bonds is 15. The van der Waals surface area contributed by atoms with Gasteiger partial charge in [-0.2, -0.15) is 0 Å². The fraction of sp³-hybridized carbons (Fsp3) is 0.559. The van der Waals surface area contributed by atoms with E-state index in [4.69, 9.17) is 32.5 Å². The largest absolute Gasteiger partial charge is 0.519 e. The van der Waals surface area contributed by atoms with Gasteiger partial charge in [-0.1, -0.05) is 25.5 Å². The number of fused-ring (bicyclic) bond motifs is 8. The first kappa shape index (κ1) is 61.4. The molecule has 1 N–H and O–H groups in total. The number of pyridine rings is 2. The van der Waals surface area contributed by atoms with Crippen LogP contribution in [-0.4, -0.2) is 139 Å². The van der Waals surface area contributed by atoms with Gasteiger partial charge >= 0.3 is 23.9 Å². The van der Waals surface area contributed by atoms with Gasteiger partial charge in [-0.25, -0.2) is 28.0 Å². The first-order valence-corrected chi connectivity index (χ1v) is 32.3. The molecule has 3 aromatic heterocycles. The number of methoxy groups -OCH3 is 2. The average molecular weight is 1270 g/mol. The molecule has 3 saturated heterocycles. The molecule has 9 aliphatic rings. The molecule has 0 radical (unpaired) electrons. The Morgan fingerprint density at radius 3 is 2.00 bits per heavy atom. The smallest absolute Gasteiger partial charge is 0.492 e. The van der Waals surface area contributed by atoms with Gasteiger partial charge in [0.05, 0.1) is 48.7 Å². The Bertz CT molecular complexity index is 4180. The van der Waals surface area contributed by atoms with Crippen molar-refractivity contribution in [3.63, 3.8) is 0 Å². The van der Waals surface area contributed by atoms with Crippen molar-refractivity contribution in [1.82, 2.24) is 18.9 Å². The number of nitrogens with zero attached hydrogens (tertiary/aromatic N) is 6. The number of hydrogen-bond donors (Lipinski definition) is 1. The molecule has 488 valence electrons. The Morgan fingerprint density at radius 1 is 0.750 bits per heavy atom. The number of aryl methyl sites for hydroxylation is 1. The number of aliphatic hydroxyl groups excluding tert-OH is 1. The second-order valence-corrected chi connectivity index (χ2v) is 27.5. The van der Waals surface area contributed by atoms with Gasteiger partial charge in [-0.05, 0) is 138 Å². The highest BCUT2D eigenvalue weighted by molar-refractivity contribution is 6.02. The van der Waals surface area contributed by atoms with E-state index in [0.29, 0.717) is 62.4 Å². The SMILES string of the molecule is COc1c(N2CC3CCCN(Cc4oc(=O)oc4C)C3C2)c(F)cc2c(=O)c(C(=O)OCOC(=O)N3CCN(c4c(F)cc5c(=O)c(C(=O)OCC(=O)C6CCC7C8CCC9=CC(=O)C=CC9(C)C8C(O)CC67C)cn(C6CC6)c5c4OC)CC3C)cn(C3CC3)c12. The predicted octanol–water partition coefficient (Wildman–Crippen LogP) is 8.32. The van der Waals surface area contributed by atoms with Crippen molar-refractivity contribution in [2.45, 2.75) is 135 Å². The zero-order valence-corrected chi connectivity index (χ0v) is 52.5. The van der Waals surface area contributed by atoms with Gasteiger partial charge < -0.3 is 61.5 Å². The van der Waals surface area contributed by atoms with E-state index in [0.717, 1.165) is 69.2 Å². The molecule has 22 nitrogen and oxygen atoms in total. The number of Topliss-reactive ketones (excluding diaryl/α,β-unsaturated/α-hetero) is 1. The maximum atomic E-state index is 16.8. The standard InChI is InChI=1S/C68H76F2N6O16/c1-34-26-72(20-21-74(34)65(84)90-33-89-64(83)45-29-76(39-12-13-39)56-43(60(45)81)24-49(70)58(62(56)87-6)73-27-36-8-7-19-71(50(36)30-73)31-53-35(2)91-66(85)92-53)57-48(69)23-42-55(61(57)86-5)75(38-10-11-38)28-44(59(42)80)63(82)88-32-52(79)47-16-15-46-41-14-9-37-22-40(77)17-18-67(37,3)54(41)51(78)25-68(46,47)4/h17-18,22-24,28-29,34,36,38-39,41,46-47,50-51,54,78H,7-16,19-21,25-27,30-33H2,1-6H3. The van der Waals surface area contributed by atoms with E-state index in [1.165, 1.54) is 31.5 Å². The summed E-state index contributed by atoms with van der Waals surface area (Å²) in [6.07, 6.45) is 14.4. The van der Waals surface area contributed by atoms with E-state index in [-0.39, 0.29) is 123 Å². The van der Waals surface area contributed by atoms with Gasteiger partial charge in [0.1, 0.15) is 28.3 Å². The highest BCUT2D eigenvalue weighted by atomic mass is 19.1. The molecule has 5 aromatic rings. The van der Waals surface area contributed by atoms with Crippen LogP contribution >= 0.6 is 0 Å². The zero-order valence-electron chi connectivity index (χ0n) is 52.5. The number of halogens is 2. The third-order valence-corrected chi connectivity index (χ3v) is 22.3. The number of anilines is 2. The van der Waals surface area contributed by atoms with Gasteiger partial charge in [0, 0.05) is 86.5 Å². The topological polar surface area (TPSA) is 252 Å². The molecule has 0 spiro atoms. The summed E-state index contributed by atoms with van der Waals surface area (Å²) in [7, 11) is 2.78. The maximum absolute atomic E-state index is 16.8. The van der Waals surface area contributed by atoms with E-state index >= 15 is 8.78 Å². The van der Waals surface area contributed by atoms with Crippen LogP contribution in [0.1, 0.15) is 136 Å². The Hall–Kier alpha value is -8.12. The molecule has 0 bridgehead atoms. The quantitative estimate of drug-likeness (QED) is 0.0764. The first-order chi connectivity index (χ1) is 44.1. The van der Waals surface area contributed by atoms with Crippen molar-refractivity contribution in [1.29, 1.82) is 0 Å². The molecular formula is C68H76F2N6O16. The number of carbonyl (C=O) groups excluding carboxylic acids is 5. The third-order valence-electron chi connectivity index (χ3n) is 22.3. The van der Waals surface area contributed by atoms with Crippen LogP contribution in [0.4, 0.5) is 25.0 Å². The Labute approximate surface area is 527 Å². The lowest BCUT2D eigenvalue weighted by Gasteiger charge is -2.58. The van der Waals surface area contributed by atoms with E-state index < -0.39 is 88.6 Å². The second-order valence-electron chi connectivity index (χ2n) is 27.5. The minimum absolute atomic E-state index is 0.00252. The predicted molar refractivity (Wildman–Crippen MR) is 329 cm³/mol. The molecule has 24 heteroatoms. The van der Waals surface area contributed by atoms with E-state index in [1.54, 1.807) is 40.0 Å². The van der Waals surface area contributed by atoms with Gasteiger partial charge in [0.15, 0.2) is 47.1 Å². The first-order valence-electron chi connectivity index (χ1n) is 32.3. The lowest BCUT2D eigenvalue weighted by molar-refractivity contribution is -0.141. The molecule has 92 heavy (non-hydrogen) atoms. The Kier molecular flexibility index (Phi) is 15.5. The highest BCUT2D eigenvalue weighted by Crippen LogP contribution is 2.66. The zero-order chi connectivity index (χ0) is 64.6. The molecule has 6 aliphatic carbocycles. The number of esters is 2. The van der Waals surface area contributed by atoms with E-state index in [9.17, 15) is 43.5 Å². The number of piperazine rings is 1. The van der Waals surface area contributed by atoms with Gasteiger partial charge in [-0.3, -0.25) is 24.1 Å². The normalized spacial score (nSPS) is 28.6. The summed E-state index contributed by atoms with van der Waals surface area (Å²) in [5.74, 6) is -3.82. The summed E-state index contributed by atoms with van der Waals surface area (Å²) in [5, 5.41) is 11.6. The number of ketones is 2. The summed E-state index contributed by atoms with van der Waals surface area (Å²) in [6, 6.07) is 1.31. The van der Waals surface area contributed by atoms with Crippen molar-refractivity contribution in [3.8, 4) is 11.5 Å². The number of carbonyl (C=O) groups is 5. The molecule has 5 saturated carbocycles. The van der Waals surface area contributed by atoms with Gasteiger partial charge in [0.2, 0.25) is 17.7 Å². The number of likely N-dealkylation sites (tertiary alicyclic amines) is 1. The van der Waals surface area contributed by atoms with E-state index in [2.05, 4.69) is 18.7 Å². The Balaban J connectivity index is 0.628. The fourth-order valence-corrected chi connectivity index (χ4v) is 17.7. The summed E-state index contributed by atoms with van der Waals surface area (Å²) in [5.41, 5.74) is -1.47. The molecule has 1 amide bonds. The number of benzene rings is 2. The van der Waals surface area contributed by atoms with Gasteiger partial charge in [0.25, 0.3) is 0 Å². The molecule has 10 atom stereocenters. The summed E-state index contributed by atoms with van der Waals surface area (Å²) < 4.78 is 75.8. The van der Waals surface area contributed by atoms with E-state index in [1.807, 2.05) is 11.0 Å². The van der Waals surface area contributed by atoms with Crippen LogP contribution in [0, 0.1) is 59.0 Å².